The summed E-state index contributed by atoms with van der Waals surface area (Å²) in [5.74, 6) is 1.25. The normalized spacial score (nSPS) is 25.6. The number of hydrogen-bond donors (Lipinski definition) is 2. The van der Waals surface area contributed by atoms with Gasteiger partial charge in [0.25, 0.3) is 5.56 Å². The number of aromatic amines is 1. The van der Waals surface area contributed by atoms with Gasteiger partial charge in [-0.1, -0.05) is 18.5 Å². The summed E-state index contributed by atoms with van der Waals surface area (Å²) in [6.07, 6.45) is 3.59. The van der Waals surface area contributed by atoms with Crippen molar-refractivity contribution < 1.29 is 0 Å². The zero-order chi connectivity index (χ0) is 10.1. The van der Waals surface area contributed by atoms with Gasteiger partial charge in [-0.25, -0.2) is 4.98 Å². The molecule has 1 aliphatic carbocycles. The van der Waals surface area contributed by atoms with Crippen molar-refractivity contribution in [3.8, 4) is 0 Å². The van der Waals surface area contributed by atoms with Crippen molar-refractivity contribution in [3.05, 3.63) is 21.7 Å². The minimum Gasteiger partial charge on any atom is -0.366 e. The molecule has 2 N–H and O–H groups in total. The average molecular weight is 214 g/mol. The summed E-state index contributed by atoms with van der Waals surface area (Å²) in [6.45, 7) is 2.20. The zero-order valence-electron chi connectivity index (χ0n) is 7.88. The summed E-state index contributed by atoms with van der Waals surface area (Å²) in [4.78, 5) is 17.5. The van der Waals surface area contributed by atoms with Crippen LogP contribution >= 0.6 is 11.6 Å². The van der Waals surface area contributed by atoms with Crippen LogP contribution in [0.1, 0.15) is 19.8 Å². The van der Waals surface area contributed by atoms with Crippen molar-refractivity contribution in [3.63, 3.8) is 0 Å². The molecule has 0 aliphatic heterocycles. The third-order valence-corrected chi connectivity index (χ3v) is 2.86. The van der Waals surface area contributed by atoms with Crippen LogP contribution in [0.5, 0.6) is 0 Å². The van der Waals surface area contributed by atoms with Crippen molar-refractivity contribution in [2.45, 2.75) is 25.8 Å². The molecule has 1 saturated carbocycles. The highest BCUT2D eigenvalue weighted by Crippen LogP contribution is 2.29. The van der Waals surface area contributed by atoms with Crippen LogP contribution in [0.25, 0.3) is 0 Å². The van der Waals surface area contributed by atoms with Gasteiger partial charge in [0.2, 0.25) is 0 Å². The van der Waals surface area contributed by atoms with Crippen molar-refractivity contribution >= 4 is 17.4 Å². The molecule has 0 radical (unpaired) electrons. The Morgan fingerprint density at radius 3 is 3.00 bits per heavy atom. The third-order valence-electron chi connectivity index (χ3n) is 2.51. The predicted molar refractivity (Wildman–Crippen MR) is 55.7 cm³/mol. The largest absolute Gasteiger partial charge is 0.366 e. The lowest BCUT2D eigenvalue weighted by atomic mass is 9.82. The Morgan fingerprint density at radius 2 is 2.36 bits per heavy atom. The number of rotatable bonds is 2. The van der Waals surface area contributed by atoms with Crippen LogP contribution in [-0.2, 0) is 0 Å². The van der Waals surface area contributed by atoms with Gasteiger partial charge < -0.3 is 10.3 Å². The molecule has 0 saturated heterocycles. The van der Waals surface area contributed by atoms with Gasteiger partial charge in [-0.2, -0.15) is 0 Å². The van der Waals surface area contributed by atoms with E-state index in [9.17, 15) is 4.79 Å². The Hall–Kier alpha value is -1.03. The SMILES string of the molecule is CC1CC(Nc2nc[nH]c(=O)c2Cl)C1. The van der Waals surface area contributed by atoms with Gasteiger partial charge in [0, 0.05) is 6.04 Å². The molecule has 5 heteroatoms. The van der Waals surface area contributed by atoms with E-state index in [0.717, 1.165) is 18.8 Å². The molecule has 2 rings (SSSR count). The second-order valence-corrected chi connectivity index (χ2v) is 4.19. The fourth-order valence-corrected chi connectivity index (χ4v) is 1.86. The number of nitrogens with one attached hydrogen (secondary N) is 2. The fourth-order valence-electron chi connectivity index (χ4n) is 1.70. The topological polar surface area (TPSA) is 57.8 Å². The minimum absolute atomic E-state index is 0.145. The van der Waals surface area contributed by atoms with Crippen LogP contribution in [0.3, 0.4) is 0 Å². The first-order valence-corrected chi connectivity index (χ1v) is 5.04. The molecule has 0 bridgehead atoms. The van der Waals surface area contributed by atoms with Crippen LogP contribution in [0, 0.1) is 5.92 Å². The Bertz CT molecular complexity index is 384. The lowest BCUT2D eigenvalue weighted by Crippen LogP contribution is -2.34. The zero-order valence-corrected chi connectivity index (χ0v) is 8.64. The van der Waals surface area contributed by atoms with Gasteiger partial charge in [0.05, 0.1) is 6.33 Å². The van der Waals surface area contributed by atoms with Gasteiger partial charge in [0.15, 0.2) is 5.82 Å². The van der Waals surface area contributed by atoms with Gasteiger partial charge in [-0.05, 0) is 18.8 Å². The number of halogens is 1. The molecule has 1 fully saturated rings. The predicted octanol–water partition coefficient (Wildman–Crippen LogP) is 1.63. The summed E-state index contributed by atoms with van der Waals surface area (Å²) in [5, 5.41) is 3.30. The number of nitrogens with zero attached hydrogens (tertiary/aromatic N) is 1. The molecule has 0 aromatic carbocycles. The minimum atomic E-state index is -0.295. The first-order valence-electron chi connectivity index (χ1n) is 4.66. The summed E-state index contributed by atoms with van der Waals surface area (Å²) in [6, 6.07) is 0.414. The molecule has 0 amide bonds. The highest BCUT2D eigenvalue weighted by molar-refractivity contribution is 6.32. The maximum atomic E-state index is 11.1. The first-order chi connectivity index (χ1) is 6.66. The van der Waals surface area contributed by atoms with Gasteiger partial charge in [-0.3, -0.25) is 4.79 Å². The Morgan fingerprint density at radius 1 is 1.64 bits per heavy atom. The smallest absolute Gasteiger partial charge is 0.271 e. The van der Waals surface area contributed by atoms with Crippen LogP contribution in [-0.4, -0.2) is 16.0 Å². The highest BCUT2D eigenvalue weighted by Gasteiger charge is 2.26. The summed E-state index contributed by atoms with van der Waals surface area (Å²) < 4.78 is 0. The van der Waals surface area contributed by atoms with E-state index in [4.69, 9.17) is 11.6 Å². The van der Waals surface area contributed by atoms with E-state index in [-0.39, 0.29) is 10.6 Å². The summed E-state index contributed by atoms with van der Waals surface area (Å²) >= 11 is 5.79. The van der Waals surface area contributed by atoms with Crippen molar-refractivity contribution in [2.75, 3.05) is 5.32 Å². The number of H-pyrrole nitrogens is 1. The van der Waals surface area contributed by atoms with E-state index in [1.807, 2.05) is 0 Å². The molecule has 14 heavy (non-hydrogen) atoms. The molecule has 1 aromatic heterocycles. The number of anilines is 1. The van der Waals surface area contributed by atoms with Gasteiger partial charge >= 0.3 is 0 Å². The van der Waals surface area contributed by atoms with E-state index in [2.05, 4.69) is 22.2 Å². The summed E-state index contributed by atoms with van der Waals surface area (Å²) in [7, 11) is 0. The number of aromatic nitrogens is 2. The van der Waals surface area contributed by atoms with E-state index >= 15 is 0 Å². The van der Waals surface area contributed by atoms with E-state index < -0.39 is 0 Å². The second-order valence-electron chi connectivity index (χ2n) is 3.81. The lowest BCUT2D eigenvalue weighted by molar-refractivity contribution is 0.308. The molecule has 76 valence electrons. The monoisotopic (exact) mass is 213 g/mol. The average Bonchev–Trinajstić information content (AvgIpc) is 2.10. The maximum Gasteiger partial charge on any atom is 0.271 e. The molecular formula is C9H12ClN3O. The number of hydrogen-bond acceptors (Lipinski definition) is 3. The fraction of sp³-hybridized carbons (Fsp3) is 0.556. The van der Waals surface area contributed by atoms with Crippen LogP contribution < -0.4 is 10.9 Å². The molecule has 0 atom stereocenters. The molecule has 0 spiro atoms. The maximum absolute atomic E-state index is 11.1. The van der Waals surface area contributed by atoms with Crippen LogP contribution in [0.15, 0.2) is 11.1 Å². The molecule has 1 aromatic rings. The molecule has 0 unspecified atom stereocenters. The first kappa shape index (κ1) is 9.52. The highest BCUT2D eigenvalue weighted by atomic mass is 35.5. The lowest BCUT2D eigenvalue weighted by Gasteiger charge is -2.33. The Kier molecular flexibility index (Phi) is 2.46. The standard InChI is InChI=1S/C9H12ClN3O/c1-5-2-6(3-5)13-8-7(10)9(14)12-4-11-8/h4-6H,2-3H2,1H3,(H2,11,12,13,14). The van der Waals surface area contributed by atoms with Crippen molar-refractivity contribution in [2.24, 2.45) is 5.92 Å². The van der Waals surface area contributed by atoms with E-state index in [1.165, 1.54) is 6.33 Å². The van der Waals surface area contributed by atoms with Crippen molar-refractivity contribution in [1.29, 1.82) is 0 Å². The molecular weight excluding hydrogens is 202 g/mol. The molecule has 4 nitrogen and oxygen atoms in total. The Balaban J connectivity index is 2.10. The second kappa shape index (κ2) is 3.61. The Labute approximate surface area is 86.7 Å². The quantitative estimate of drug-likeness (QED) is 0.785. The van der Waals surface area contributed by atoms with Gasteiger partial charge in [0.1, 0.15) is 5.02 Å². The van der Waals surface area contributed by atoms with E-state index in [1.54, 1.807) is 0 Å². The molecule has 1 aliphatic rings. The van der Waals surface area contributed by atoms with Gasteiger partial charge in [-0.15, -0.1) is 0 Å². The third kappa shape index (κ3) is 1.75. The molecule has 1 heterocycles. The van der Waals surface area contributed by atoms with Crippen molar-refractivity contribution in [1.82, 2.24) is 9.97 Å². The van der Waals surface area contributed by atoms with Crippen LogP contribution in [0.4, 0.5) is 5.82 Å². The van der Waals surface area contributed by atoms with Crippen LogP contribution in [0.2, 0.25) is 5.02 Å². The summed E-state index contributed by atoms with van der Waals surface area (Å²) in [5.41, 5.74) is -0.295. The van der Waals surface area contributed by atoms with E-state index in [0.29, 0.717) is 11.9 Å².